The third-order valence-corrected chi connectivity index (χ3v) is 3.69. The highest BCUT2D eigenvalue weighted by Gasteiger charge is 2.41. The second kappa shape index (κ2) is 3.20. The van der Waals surface area contributed by atoms with Gasteiger partial charge in [0.15, 0.2) is 5.82 Å². The molecule has 1 aromatic heterocycles. The summed E-state index contributed by atoms with van der Waals surface area (Å²) in [5, 5.41) is 3.82. The van der Waals surface area contributed by atoms with E-state index in [9.17, 15) is 0 Å². The average molecular weight is 208 g/mol. The number of nitrogens with zero attached hydrogens (tertiary/aromatic N) is 3. The molecule has 0 aromatic carbocycles. The number of anilines is 1. The Morgan fingerprint density at radius 3 is 2.53 bits per heavy atom. The van der Waals surface area contributed by atoms with Gasteiger partial charge in [-0.05, 0) is 31.6 Å². The van der Waals surface area contributed by atoms with Gasteiger partial charge in [-0.25, -0.2) is 0 Å². The Hall–Kier alpha value is -1.10. The molecule has 0 radical (unpaired) electrons. The highest BCUT2D eigenvalue weighted by Crippen LogP contribution is 2.36. The zero-order valence-corrected chi connectivity index (χ0v) is 8.89. The quantitative estimate of drug-likeness (QED) is 0.730. The van der Waals surface area contributed by atoms with Gasteiger partial charge in [-0.2, -0.15) is 4.98 Å². The highest BCUT2D eigenvalue weighted by atomic mass is 16.5. The fraction of sp³-hybridized carbons (Fsp3) is 0.800. The maximum absolute atomic E-state index is 6.14. The van der Waals surface area contributed by atoms with Crippen LogP contribution in [0.2, 0.25) is 0 Å². The second-order valence-corrected chi connectivity index (χ2v) is 4.70. The third kappa shape index (κ3) is 1.42. The number of nitrogens with two attached hydrogens (primary N) is 1. The lowest BCUT2D eigenvalue weighted by Crippen LogP contribution is -2.48. The number of piperidine rings is 1. The summed E-state index contributed by atoms with van der Waals surface area (Å²) in [6.45, 7) is 3.79. The number of rotatable bonds is 1. The van der Waals surface area contributed by atoms with Crippen LogP contribution >= 0.6 is 0 Å². The van der Waals surface area contributed by atoms with E-state index in [0.29, 0.717) is 29.7 Å². The lowest BCUT2D eigenvalue weighted by molar-refractivity contribution is 0.327. The van der Waals surface area contributed by atoms with Gasteiger partial charge in [-0.3, -0.25) is 0 Å². The smallest absolute Gasteiger partial charge is 0.324 e. The van der Waals surface area contributed by atoms with Crippen molar-refractivity contribution < 1.29 is 4.52 Å². The Labute approximate surface area is 88.6 Å². The van der Waals surface area contributed by atoms with E-state index in [1.54, 1.807) is 0 Å². The maximum atomic E-state index is 6.14. The predicted molar refractivity (Wildman–Crippen MR) is 55.4 cm³/mol. The van der Waals surface area contributed by atoms with E-state index in [2.05, 4.69) is 15.0 Å². The molecule has 1 aliphatic carbocycles. The fourth-order valence-corrected chi connectivity index (χ4v) is 2.84. The van der Waals surface area contributed by atoms with Crippen LogP contribution in [0, 0.1) is 18.8 Å². The van der Waals surface area contributed by atoms with Crippen molar-refractivity contribution in [3.63, 3.8) is 0 Å². The predicted octanol–water partition coefficient (Wildman–Crippen LogP) is 0.552. The average Bonchev–Trinajstić information content (AvgIpc) is 2.70. The van der Waals surface area contributed by atoms with Crippen LogP contribution in [0.4, 0.5) is 6.01 Å². The third-order valence-electron chi connectivity index (χ3n) is 3.69. The summed E-state index contributed by atoms with van der Waals surface area (Å²) in [7, 11) is 0. The highest BCUT2D eigenvalue weighted by molar-refractivity contribution is 5.28. The van der Waals surface area contributed by atoms with Crippen LogP contribution in [0.25, 0.3) is 0 Å². The first-order chi connectivity index (χ1) is 7.24. The van der Waals surface area contributed by atoms with E-state index < -0.39 is 0 Å². The Morgan fingerprint density at radius 1 is 1.33 bits per heavy atom. The fourth-order valence-electron chi connectivity index (χ4n) is 2.84. The van der Waals surface area contributed by atoms with Crippen LogP contribution in [0.5, 0.6) is 0 Å². The molecule has 3 atom stereocenters. The summed E-state index contributed by atoms with van der Waals surface area (Å²) < 4.78 is 5.19. The molecule has 2 bridgehead atoms. The van der Waals surface area contributed by atoms with Crippen molar-refractivity contribution in [3.8, 4) is 0 Å². The van der Waals surface area contributed by atoms with Gasteiger partial charge in [-0.15, -0.1) is 0 Å². The zero-order chi connectivity index (χ0) is 10.4. The lowest BCUT2D eigenvalue weighted by Gasteiger charge is -2.34. The SMILES string of the molecule is Cc1noc(N2C[C@H]3CC[C@@H](C2)[C@@H]3N)n1. The molecule has 2 N–H and O–H groups in total. The summed E-state index contributed by atoms with van der Waals surface area (Å²) in [6.07, 6.45) is 2.49. The van der Waals surface area contributed by atoms with Crippen molar-refractivity contribution in [2.75, 3.05) is 18.0 Å². The standard InChI is InChI=1S/C10H16N4O/c1-6-12-10(15-13-6)14-4-7-2-3-8(5-14)9(7)11/h7-9H,2-5,11H2,1H3/t7-,8+,9-. The minimum atomic E-state index is 0.380. The summed E-state index contributed by atoms with van der Waals surface area (Å²) in [5.41, 5.74) is 6.14. The minimum Gasteiger partial charge on any atom is -0.327 e. The molecule has 0 spiro atoms. The zero-order valence-electron chi connectivity index (χ0n) is 8.89. The first kappa shape index (κ1) is 9.15. The van der Waals surface area contributed by atoms with Gasteiger partial charge in [0, 0.05) is 19.1 Å². The summed E-state index contributed by atoms with van der Waals surface area (Å²) >= 11 is 0. The number of hydrogen-bond donors (Lipinski definition) is 1. The van der Waals surface area contributed by atoms with E-state index in [1.165, 1.54) is 12.8 Å². The molecule has 1 aromatic rings. The molecule has 1 saturated heterocycles. The molecular formula is C10H16N4O. The molecule has 2 aliphatic rings. The van der Waals surface area contributed by atoms with E-state index in [0.717, 1.165) is 13.1 Å². The molecule has 1 saturated carbocycles. The maximum Gasteiger partial charge on any atom is 0.324 e. The largest absolute Gasteiger partial charge is 0.327 e. The van der Waals surface area contributed by atoms with E-state index in [1.807, 2.05) is 6.92 Å². The van der Waals surface area contributed by atoms with Crippen molar-refractivity contribution in [2.45, 2.75) is 25.8 Å². The number of aryl methyl sites for hydroxylation is 1. The van der Waals surface area contributed by atoms with Crippen molar-refractivity contribution in [1.82, 2.24) is 10.1 Å². The van der Waals surface area contributed by atoms with Crippen LogP contribution in [-0.2, 0) is 0 Å². The van der Waals surface area contributed by atoms with Crippen LogP contribution in [0.15, 0.2) is 4.52 Å². The van der Waals surface area contributed by atoms with Gasteiger partial charge in [0.05, 0.1) is 0 Å². The van der Waals surface area contributed by atoms with Gasteiger partial charge in [0.2, 0.25) is 0 Å². The molecule has 0 amide bonds. The molecule has 5 heteroatoms. The first-order valence-electron chi connectivity index (χ1n) is 5.55. The van der Waals surface area contributed by atoms with Crippen molar-refractivity contribution >= 4 is 6.01 Å². The number of aromatic nitrogens is 2. The van der Waals surface area contributed by atoms with Gasteiger partial charge in [0.1, 0.15) is 0 Å². The Kier molecular flexibility index (Phi) is 1.95. The second-order valence-electron chi connectivity index (χ2n) is 4.70. The molecule has 0 unspecified atom stereocenters. The Balaban J connectivity index is 1.80. The molecular weight excluding hydrogens is 192 g/mol. The van der Waals surface area contributed by atoms with Crippen LogP contribution in [-0.4, -0.2) is 29.3 Å². The van der Waals surface area contributed by atoms with Crippen LogP contribution in [0.3, 0.4) is 0 Å². The molecule has 82 valence electrons. The van der Waals surface area contributed by atoms with E-state index in [-0.39, 0.29) is 0 Å². The summed E-state index contributed by atoms with van der Waals surface area (Å²) in [6, 6.07) is 1.04. The van der Waals surface area contributed by atoms with Crippen LogP contribution < -0.4 is 10.6 Å². The van der Waals surface area contributed by atoms with Crippen molar-refractivity contribution in [2.24, 2.45) is 17.6 Å². The summed E-state index contributed by atoms with van der Waals surface area (Å²) in [5.74, 6) is 1.92. The van der Waals surface area contributed by atoms with E-state index >= 15 is 0 Å². The van der Waals surface area contributed by atoms with Crippen molar-refractivity contribution in [3.05, 3.63) is 5.82 Å². The molecule has 2 fully saturated rings. The topological polar surface area (TPSA) is 68.2 Å². The van der Waals surface area contributed by atoms with Crippen molar-refractivity contribution in [1.29, 1.82) is 0 Å². The number of hydrogen-bond acceptors (Lipinski definition) is 5. The van der Waals surface area contributed by atoms with Gasteiger partial charge < -0.3 is 15.2 Å². The molecule has 5 nitrogen and oxygen atoms in total. The van der Waals surface area contributed by atoms with E-state index in [4.69, 9.17) is 10.3 Å². The number of fused-ring (bicyclic) bond motifs is 2. The van der Waals surface area contributed by atoms with Crippen LogP contribution in [0.1, 0.15) is 18.7 Å². The van der Waals surface area contributed by atoms with Gasteiger partial charge >= 0.3 is 6.01 Å². The first-order valence-corrected chi connectivity index (χ1v) is 5.55. The molecule has 15 heavy (non-hydrogen) atoms. The molecule has 2 heterocycles. The van der Waals surface area contributed by atoms with Gasteiger partial charge in [-0.1, -0.05) is 5.16 Å². The van der Waals surface area contributed by atoms with Gasteiger partial charge in [0.25, 0.3) is 0 Å². The lowest BCUT2D eigenvalue weighted by atomic mass is 9.93. The Bertz CT molecular complexity index is 350. The minimum absolute atomic E-state index is 0.380. The molecule has 1 aliphatic heterocycles. The Morgan fingerprint density at radius 2 is 2.00 bits per heavy atom. The normalized spacial score (nSPS) is 34.8. The molecule has 3 rings (SSSR count). The monoisotopic (exact) mass is 208 g/mol. The summed E-state index contributed by atoms with van der Waals surface area (Å²) in [4.78, 5) is 6.45.